The van der Waals surface area contributed by atoms with Crippen molar-refractivity contribution in [3.63, 3.8) is 0 Å². The van der Waals surface area contributed by atoms with Gasteiger partial charge in [0.15, 0.2) is 0 Å². The van der Waals surface area contributed by atoms with Crippen molar-refractivity contribution in [3.8, 4) is 10.6 Å². The first-order chi connectivity index (χ1) is 24.2. The van der Waals surface area contributed by atoms with Crippen molar-refractivity contribution < 1.29 is 0 Å². The van der Waals surface area contributed by atoms with E-state index in [9.17, 15) is 0 Å². The van der Waals surface area contributed by atoms with Gasteiger partial charge in [-0.2, -0.15) is 0 Å². The molecule has 0 spiro atoms. The lowest BCUT2D eigenvalue weighted by atomic mass is 10.1. The maximum absolute atomic E-state index is 5.04. The average molecular weight is 697 g/mol. The summed E-state index contributed by atoms with van der Waals surface area (Å²) in [5.41, 5.74) is 5.72. The third-order valence-electron chi connectivity index (χ3n) is 9.49. The van der Waals surface area contributed by atoms with Crippen molar-refractivity contribution in [2.75, 3.05) is 4.90 Å². The number of thiazole rings is 1. The molecule has 0 aliphatic rings. The van der Waals surface area contributed by atoms with Crippen LogP contribution >= 0.6 is 45.3 Å². The van der Waals surface area contributed by atoms with Crippen LogP contribution in [0.15, 0.2) is 146 Å². The van der Waals surface area contributed by atoms with Crippen molar-refractivity contribution in [1.29, 1.82) is 0 Å². The van der Waals surface area contributed by atoms with E-state index in [2.05, 4.69) is 150 Å². The molecule has 11 rings (SSSR count). The van der Waals surface area contributed by atoms with Crippen LogP contribution in [0.5, 0.6) is 0 Å². The van der Waals surface area contributed by atoms with Gasteiger partial charge in [0.1, 0.15) is 5.01 Å². The molecule has 11 aromatic rings. The number of anilines is 3. The van der Waals surface area contributed by atoms with Gasteiger partial charge in [0.05, 0.1) is 10.2 Å². The third kappa shape index (κ3) is 4.32. The summed E-state index contributed by atoms with van der Waals surface area (Å²) in [4.78, 5) is 7.48. The minimum absolute atomic E-state index is 1.06. The standard InChI is InChI=1S/C43H24N2S4/c1-2-8-25(9-3-1)43-44-34-20-21-37-41(42(34)49-43)33-19-16-28(24-40(33)48-37)45(26-14-17-31-29-10-4-6-12-35(29)46-38(31)22-26)27-15-18-32-30-11-5-7-13-36(30)47-39(32)23-27/h1-24H. The highest BCUT2D eigenvalue weighted by atomic mass is 32.1. The Balaban J connectivity index is 1.11. The first kappa shape index (κ1) is 27.8. The molecule has 0 radical (unpaired) electrons. The van der Waals surface area contributed by atoms with Gasteiger partial charge in [-0.05, 0) is 60.7 Å². The van der Waals surface area contributed by atoms with Crippen LogP contribution in [0.1, 0.15) is 0 Å². The molecule has 0 saturated carbocycles. The van der Waals surface area contributed by atoms with Gasteiger partial charge in [-0.25, -0.2) is 4.98 Å². The van der Waals surface area contributed by atoms with E-state index in [1.54, 1.807) is 11.3 Å². The number of benzene rings is 7. The Hall–Kier alpha value is -5.11. The molecule has 49 heavy (non-hydrogen) atoms. The molecule has 0 bridgehead atoms. The van der Waals surface area contributed by atoms with Crippen molar-refractivity contribution in [2.24, 2.45) is 0 Å². The molecule has 0 saturated heterocycles. The van der Waals surface area contributed by atoms with E-state index < -0.39 is 0 Å². The van der Waals surface area contributed by atoms with Crippen LogP contribution in [-0.2, 0) is 0 Å². The molecule has 0 N–H and O–H groups in total. The van der Waals surface area contributed by atoms with Gasteiger partial charge in [-0.15, -0.1) is 45.3 Å². The van der Waals surface area contributed by atoms with Gasteiger partial charge in [-0.3, -0.25) is 0 Å². The number of thiophene rings is 3. The van der Waals surface area contributed by atoms with E-state index in [4.69, 9.17) is 4.98 Å². The highest BCUT2D eigenvalue weighted by Crippen LogP contribution is 2.47. The quantitative estimate of drug-likeness (QED) is 0.182. The highest BCUT2D eigenvalue weighted by molar-refractivity contribution is 7.28. The van der Waals surface area contributed by atoms with Crippen LogP contribution in [0.25, 0.3) is 81.3 Å². The Kier molecular flexibility index (Phi) is 6.07. The normalized spacial score (nSPS) is 12.1. The summed E-state index contributed by atoms with van der Waals surface area (Å²) in [7, 11) is 0. The number of rotatable bonds is 4. The second kappa shape index (κ2) is 10.7. The van der Waals surface area contributed by atoms with Crippen molar-refractivity contribution in [1.82, 2.24) is 4.98 Å². The van der Waals surface area contributed by atoms with Crippen molar-refractivity contribution in [2.45, 2.75) is 0 Å². The molecule has 4 heterocycles. The molecule has 0 unspecified atom stereocenters. The molecule has 2 nitrogen and oxygen atoms in total. The summed E-state index contributed by atoms with van der Waals surface area (Å²) < 4.78 is 9.09. The Morgan fingerprint density at radius 3 is 1.53 bits per heavy atom. The summed E-state index contributed by atoms with van der Waals surface area (Å²) in [6.07, 6.45) is 0. The fourth-order valence-electron chi connectivity index (χ4n) is 7.23. The van der Waals surface area contributed by atoms with Gasteiger partial charge >= 0.3 is 0 Å². The fraction of sp³-hybridized carbons (Fsp3) is 0. The summed E-state index contributed by atoms with van der Waals surface area (Å²) in [5, 5.41) is 8.94. The Bertz CT molecular complexity index is 2960. The second-order valence-electron chi connectivity index (χ2n) is 12.3. The van der Waals surface area contributed by atoms with Crippen LogP contribution in [0.3, 0.4) is 0 Å². The van der Waals surface area contributed by atoms with Crippen molar-refractivity contribution in [3.05, 3.63) is 146 Å². The van der Waals surface area contributed by atoms with Crippen LogP contribution in [0.2, 0.25) is 0 Å². The summed E-state index contributed by atoms with van der Waals surface area (Å²) in [5.74, 6) is 0. The third-order valence-corrected chi connectivity index (χ3v) is 14.0. The molecule has 0 aliphatic heterocycles. The lowest BCUT2D eigenvalue weighted by Gasteiger charge is -2.26. The molecule has 0 atom stereocenters. The van der Waals surface area contributed by atoms with E-state index in [1.165, 1.54) is 70.8 Å². The Morgan fingerprint density at radius 2 is 0.898 bits per heavy atom. The molecule has 0 amide bonds. The van der Waals surface area contributed by atoms with E-state index in [-0.39, 0.29) is 0 Å². The smallest absolute Gasteiger partial charge is 0.124 e. The maximum Gasteiger partial charge on any atom is 0.124 e. The SMILES string of the molecule is c1ccc(-c2nc3ccc4sc5cc(N(c6ccc7c(c6)sc6ccccc67)c6ccc7c(c6)sc6ccccc67)ccc5c4c3s2)cc1. The number of fused-ring (bicyclic) bond motifs is 11. The number of hydrogen-bond donors (Lipinski definition) is 0. The van der Waals surface area contributed by atoms with E-state index in [0.29, 0.717) is 0 Å². The zero-order chi connectivity index (χ0) is 32.1. The van der Waals surface area contributed by atoms with E-state index >= 15 is 0 Å². The number of nitrogens with zero attached hydrogens (tertiary/aromatic N) is 2. The molecule has 7 aromatic carbocycles. The predicted molar refractivity (Wildman–Crippen MR) is 218 cm³/mol. The van der Waals surface area contributed by atoms with Crippen LogP contribution in [0.4, 0.5) is 17.1 Å². The molecular weight excluding hydrogens is 673 g/mol. The molecule has 0 aliphatic carbocycles. The maximum atomic E-state index is 5.04. The minimum Gasteiger partial charge on any atom is -0.310 e. The van der Waals surface area contributed by atoms with Gasteiger partial charge in [-0.1, -0.05) is 84.9 Å². The summed E-state index contributed by atoms with van der Waals surface area (Å²) >= 11 is 7.40. The molecule has 4 aromatic heterocycles. The summed E-state index contributed by atoms with van der Waals surface area (Å²) in [6.45, 7) is 0. The first-order valence-electron chi connectivity index (χ1n) is 16.2. The van der Waals surface area contributed by atoms with Crippen LogP contribution in [0, 0.1) is 0 Å². The lowest BCUT2D eigenvalue weighted by Crippen LogP contribution is -2.09. The van der Waals surface area contributed by atoms with Gasteiger partial charge < -0.3 is 4.90 Å². The molecular formula is C43H24N2S4. The second-order valence-corrected chi connectivity index (χ2v) is 16.6. The molecule has 6 heteroatoms. The van der Waals surface area contributed by atoms with Gasteiger partial charge in [0.25, 0.3) is 0 Å². The minimum atomic E-state index is 1.06. The predicted octanol–water partition coefficient (Wildman–Crippen LogP) is 14.5. The zero-order valence-electron chi connectivity index (χ0n) is 25.9. The van der Waals surface area contributed by atoms with E-state index in [0.717, 1.165) is 27.6 Å². The number of hydrogen-bond acceptors (Lipinski definition) is 6. The summed E-state index contributed by atoms with van der Waals surface area (Å²) in [6, 6.07) is 53.4. The highest BCUT2D eigenvalue weighted by Gasteiger charge is 2.19. The Morgan fingerprint density at radius 1 is 0.388 bits per heavy atom. The van der Waals surface area contributed by atoms with Gasteiger partial charge in [0, 0.05) is 83.1 Å². The van der Waals surface area contributed by atoms with Crippen LogP contribution in [-0.4, -0.2) is 4.98 Å². The van der Waals surface area contributed by atoms with E-state index in [1.807, 2.05) is 34.0 Å². The monoisotopic (exact) mass is 696 g/mol. The Labute approximate surface area is 297 Å². The lowest BCUT2D eigenvalue weighted by molar-refractivity contribution is 1.30. The number of aromatic nitrogens is 1. The largest absolute Gasteiger partial charge is 0.310 e. The molecule has 0 fully saturated rings. The topological polar surface area (TPSA) is 16.1 Å². The first-order valence-corrected chi connectivity index (χ1v) is 19.5. The van der Waals surface area contributed by atoms with Crippen molar-refractivity contribution >= 4 is 133 Å². The average Bonchev–Trinajstić information content (AvgIpc) is 3.92. The fourth-order valence-corrected chi connectivity index (χ4v) is 11.9. The van der Waals surface area contributed by atoms with Crippen LogP contribution < -0.4 is 4.90 Å². The zero-order valence-corrected chi connectivity index (χ0v) is 29.1. The molecule has 230 valence electrons. The van der Waals surface area contributed by atoms with Gasteiger partial charge in [0.2, 0.25) is 0 Å².